The van der Waals surface area contributed by atoms with E-state index in [1.807, 2.05) is 13.0 Å². The van der Waals surface area contributed by atoms with E-state index in [0.717, 1.165) is 0 Å². The summed E-state index contributed by atoms with van der Waals surface area (Å²) in [4.78, 5) is 29.9. The van der Waals surface area contributed by atoms with E-state index in [1.54, 1.807) is 18.2 Å². The third-order valence-corrected chi connectivity index (χ3v) is 3.36. The summed E-state index contributed by atoms with van der Waals surface area (Å²) >= 11 is 1.19. The molecule has 0 radical (unpaired) electrons. The lowest BCUT2D eigenvalue weighted by atomic mass is 10.1. The Kier molecular flexibility index (Phi) is 4.95. The predicted octanol–water partition coefficient (Wildman–Crippen LogP) is 2.14. The van der Waals surface area contributed by atoms with Crippen molar-refractivity contribution >= 4 is 17.5 Å². The van der Waals surface area contributed by atoms with Crippen molar-refractivity contribution in [2.45, 2.75) is 12.1 Å². The molecule has 104 valence electrons. The zero-order valence-electron chi connectivity index (χ0n) is 11.0. The van der Waals surface area contributed by atoms with Crippen LogP contribution in [0.2, 0.25) is 0 Å². The van der Waals surface area contributed by atoms with Crippen LogP contribution in [0.3, 0.4) is 0 Å². The first-order valence-electron chi connectivity index (χ1n) is 6.14. The molecule has 0 aliphatic heterocycles. The van der Waals surface area contributed by atoms with Crippen LogP contribution in [0.4, 0.5) is 0 Å². The van der Waals surface area contributed by atoms with Gasteiger partial charge in [0.15, 0.2) is 10.9 Å². The monoisotopic (exact) mass is 290 g/mol. The third kappa shape index (κ3) is 3.71. The number of aromatic nitrogens is 2. The lowest BCUT2D eigenvalue weighted by Gasteiger charge is -2.08. The Morgan fingerprint density at radius 2 is 2.15 bits per heavy atom. The van der Waals surface area contributed by atoms with Crippen LogP contribution in [0.5, 0.6) is 5.75 Å². The number of ether oxygens (including phenoxy) is 1. The SMILES string of the molecule is CCOc1ccccc1C(=O)CSc1nccc(=O)[nH]1. The van der Waals surface area contributed by atoms with Gasteiger partial charge in [0, 0.05) is 12.3 Å². The molecule has 0 bridgehead atoms. The largest absolute Gasteiger partial charge is 0.493 e. The van der Waals surface area contributed by atoms with Crippen molar-refractivity contribution in [1.82, 2.24) is 9.97 Å². The number of Topliss-reactive ketones (excluding diaryl/α,β-unsaturated/α-hetero) is 1. The van der Waals surface area contributed by atoms with Crippen LogP contribution < -0.4 is 10.3 Å². The minimum atomic E-state index is -0.232. The van der Waals surface area contributed by atoms with Gasteiger partial charge in [-0.1, -0.05) is 23.9 Å². The van der Waals surface area contributed by atoms with Gasteiger partial charge in [-0.2, -0.15) is 0 Å². The number of hydrogen-bond donors (Lipinski definition) is 1. The second kappa shape index (κ2) is 6.91. The summed E-state index contributed by atoms with van der Waals surface area (Å²) in [5.41, 5.74) is 0.310. The molecule has 0 aliphatic rings. The molecule has 1 aromatic heterocycles. The summed E-state index contributed by atoms with van der Waals surface area (Å²) < 4.78 is 5.43. The maximum Gasteiger partial charge on any atom is 0.251 e. The number of hydrogen-bond acceptors (Lipinski definition) is 5. The van der Waals surface area contributed by atoms with Gasteiger partial charge >= 0.3 is 0 Å². The van der Waals surface area contributed by atoms with E-state index >= 15 is 0 Å². The highest BCUT2D eigenvalue weighted by Crippen LogP contribution is 2.21. The summed E-state index contributed by atoms with van der Waals surface area (Å²) in [6.45, 7) is 2.37. The standard InChI is InChI=1S/C14H14N2O3S/c1-2-19-12-6-4-3-5-10(12)11(17)9-20-14-15-8-7-13(18)16-14/h3-8H,2,9H2,1H3,(H,15,16,18). The maximum absolute atomic E-state index is 12.2. The van der Waals surface area contributed by atoms with Crippen LogP contribution >= 0.6 is 11.8 Å². The van der Waals surface area contributed by atoms with Crippen molar-refractivity contribution in [1.29, 1.82) is 0 Å². The number of rotatable bonds is 6. The quantitative estimate of drug-likeness (QED) is 0.501. The molecule has 1 heterocycles. The van der Waals surface area contributed by atoms with E-state index in [2.05, 4.69) is 9.97 Å². The molecule has 1 N–H and O–H groups in total. The highest BCUT2D eigenvalue weighted by molar-refractivity contribution is 7.99. The Morgan fingerprint density at radius 3 is 2.90 bits per heavy atom. The molecular formula is C14H14N2O3S. The molecule has 0 fully saturated rings. The minimum absolute atomic E-state index is 0.0643. The molecule has 2 aromatic rings. The van der Waals surface area contributed by atoms with Gasteiger partial charge in [0.2, 0.25) is 0 Å². The normalized spacial score (nSPS) is 10.2. The van der Waals surface area contributed by atoms with Crippen molar-refractivity contribution in [2.24, 2.45) is 0 Å². The second-order valence-electron chi connectivity index (χ2n) is 3.88. The number of carbonyl (C=O) groups is 1. The van der Waals surface area contributed by atoms with Gasteiger partial charge in [-0.3, -0.25) is 9.59 Å². The van der Waals surface area contributed by atoms with Gasteiger partial charge < -0.3 is 9.72 Å². The highest BCUT2D eigenvalue weighted by atomic mass is 32.2. The number of ketones is 1. The molecule has 20 heavy (non-hydrogen) atoms. The number of thioether (sulfide) groups is 1. The van der Waals surface area contributed by atoms with Crippen LogP contribution in [0, 0.1) is 0 Å². The molecule has 0 amide bonds. The summed E-state index contributed by atoms with van der Waals surface area (Å²) in [6, 6.07) is 8.45. The first kappa shape index (κ1) is 14.3. The number of benzene rings is 1. The molecule has 0 saturated carbocycles. The van der Waals surface area contributed by atoms with Gasteiger partial charge in [0.05, 0.1) is 17.9 Å². The van der Waals surface area contributed by atoms with Crippen LogP contribution in [0.15, 0.2) is 46.5 Å². The van der Waals surface area contributed by atoms with Crippen molar-refractivity contribution in [3.05, 3.63) is 52.4 Å². The number of carbonyl (C=O) groups excluding carboxylic acids is 1. The van der Waals surface area contributed by atoms with Gasteiger partial charge in [-0.25, -0.2) is 4.98 Å². The van der Waals surface area contributed by atoms with Crippen molar-refractivity contribution in [2.75, 3.05) is 12.4 Å². The summed E-state index contributed by atoms with van der Waals surface area (Å²) in [6.07, 6.45) is 1.42. The Bertz CT molecular complexity index is 655. The lowest BCUT2D eigenvalue weighted by molar-refractivity contribution is 0.101. The van der Waals surface area contributed by atoms with E-state index in [4.69, 9.17) is 4.74 Å². The predicted molar refractivity (Wildman–Crippen MR) is 77.5 cm³/mol. The molecule has 2 rings (SSSR count). The first-order valence-corrected chi connectivity index (χ1v) is 7.12. The first-order chi connectivity index (χ1) is 9.70. The molecule has 1 aromatic carbocycles. The summed E-state index contributed by atoms with van der Waals surface area (Å²) in [7, 11) is 0. The fourth-order valence-corrected chi connectivity index (χ4v) is 2.35. The van der Waals surface area contributed by atoms with E-state index in [9.17, 15) is 9.59 Å². The van der Waals surface area contributed by atoms with Crippen molar-refractivity contribution < 1.29 is 9.53 Å². The van der Waals surface area contributed by atoms with Crippen LogP contribution in [-0.4, -0.2) is 28.1 Å². The molecule has 6 heteroatoms. The zero-order chi connectivity index (χ0) is 14.4. The van der Waals surface area contributed by atoms with Crippen LogP contribution in [-0.2, 0) is 0 Å². The Labute approximate surface area is 120 Å². The third-order valence-electron chi connectivity index (χ3n) is 2.48. The topological polar surface area (TPSA) is 72.0 Å². The smallest absolute Gasteiger partial charge is 0.251 e. The molecule has 5 nitrogen and oxygen atoms in total. The van der Waals surface area contributed by atoms with Gasteiger partial charge in [0.25, 0.3) is 5.56 Å². The average Bonchev–Trinajstić information content (AvgIpc) is 2.46. The van der Waals surface area contributed by atoms with Crippen LogP contribution in [0.1, 0.15) is 17.3 Å². The Hall–Kier alpha value is -2.08. The van der Waals surface area contributed by atoms with Crippen molar-refractivity contribution in [3.8, 4) is 5.75 Å². The number of H-pyrrole nitrogens is 1. The number of nitrogens with zero attached hydrogens (tertiary/aromatic N) is 1. The molecule has 0 saturated heterocycles. The summed E-state index contributed by atoms with van der Waals surface area (Å²) in [5.74, 6) is 0.706. The lowest BCUT2D eigenvalue weighted by Crippen LogP contribution is -2.09. The van der Waals surface area contributed by atoms with E-state index in [1.165, 1.54) is 24.0 Å². The minimum Gasteiger partial charge on any atom is -0.493 e. The van der Waals surface area contributed by atoms with E-state index in [0.29, 0.717) is 23.1 Å². The van der Waals surface area contributed by atoms with Gasteiger partial charge in [-0.05, 0) is 19.1 Å². The van der Waals surface area contributed by atoms with E-state index in [-0.39, 0.29) is 17.1 Å². The number of aromatic amines is 1. The maximum atomic E-state index is 12.2. The fraction of sp³-hybridized carbons (Fsp3) is 0.214. The number of nitrogens with one attached hydrogen (secondary N) is 1. The van der Waals surface area contributed by atoms with Crippen LogP contribution in [0.25, 0.3) is 0 Å². The summed E-state index contributed by atoms with van der Waals surface area (Å²) in [5, 5.41) is 0.430. The Balaban J connectivity index is 2.07. The molecule has 0 spiro atoms. The average molecular weight is 290 g/mol. The molecule has 0 atom stereocenters. The molecule has 0 aliphatic carbocycles. The van der Waals surface area contributed by atoms with Crippen molar-refractivity contribution in [3.63, 3.8) is 0 Å². The van der Waals surface area contributed by atoms with E-state index < -0.39 is 0 Å². The molecular weight excluding hydrogens is 276 g/mol. The Morgan fingerprint density at radius 1 is 1.35 bits per heavy atom. The number of para-hydroxylation sites is 1. The molecule has 0 unspecified atom stereocenters. The highest BCUT2D eigenvalue weighted by Gasteiger charge is 2.12. The fourth-order valence-electron chi connectivity index (χ4n) is 1.62. The van der Waals surface area contributed by atoms with Gasteiger partial charge in [-0.15, -0.1) is 0 Å². The second-order valence-corrected chi connectivity index (χ2v) is 4.84. The van der Waals surface area contributed by atoms with Gasteiger partial charge in [0.1, 0.15) is 5.75 Å². The zero-order valence-corrected chi connectivity index (χ0v) is 11.8.